The van der Waals surface area contributed by atoms with Crippen molar-refractivity contribution in [2.75, 3.05) is 0 Å². The van der Waals surface area contributed by atoms with Crippen molar-refractivity contribution in [3.05, 3.63) is 101 Å². The van der Waals surface area contributed by atoms with Gasteiger partial charge in [0.15, 0.2) is 0 Å². The maximum absolute atomic E-state index is 13.9. The van der Waals surface area contributed by atoms with Crippen LogP contribution in [0.25, 0.3) is 11.0 Å². The standard InChI is InChI=1S/C22H18FN3O/c1-14-7-8-17(11-18(14)23)22(27)26-21(15-5-3-2-4-6-15)16-9-10-19-20(12-16)25-13-24-19/h2-13,21H,1H3,(H,24,25)(H,26,27). The summed E-state index contributed by atoms with van der Waals surface area (Å²) in [6.45, 7) is 1.67. The molecule has 0 saturated heterocycles. The van der Waals surface area contributed by atoms with Crippen molar-refractivity contribution in [2.24, 2.45) is 0 Å². The Labute approximate surface area is 156 Å². The van der Waals surface area contributed by atoms with Gasteiger partial charge in [0.1, 0.15) is 5.82 Å². The van der Waals surface area contributed by atoms with E-state index in [-0.39, 0.29) is 11.9 Å². The van der Waals surface area contributed by atoms with Crippen LogP contribution in [-0.2, 0) is 0 Å². The van der Waals surface area contributed by atoms with Gasteiger partial charge in [-0.2, -0.15) is 0 Å². The molecular formula is C22H18FN3O. The van der Waals surface area contributed by atoms with Crippen LogP contribution in [0.4, 0.5) is 4.39 Å². The number of aryl methyl sites for hydroxylation is 1. The first-order valence-corrected chi connectivity index (χ1v) is 8.67. The third kappa shape index (κ3) is 3.44. The smallest absolute Gasteiger partial charge is 0.252 e. The van der Waals surface area contributed by atoms with Gasteiger partial charge in [-0.15, -0.1) is 0 Å². The summed E-state index contributed by atoms with van der Waals surface area (Å²) in [7, 11) is 0. The second-order valence-electron chi connectivity index (χ2n) is 6.46. The van der Waals surface area contributed by atoms with Gasteiger partial charge in [0.05, 0.1) is 23.4 Å². The Balaban J connectivity index is 1.71. The van der Waals surface area contributed by atoms with Crippen molar-refractivity contribution in [3.63, 3.8) is 0 Å². The van der Waals surface area contributed by atoms with E-state index in [9.17, 15) is 9.18 Å². The number of aromatic amines is 1. The summed E-state index contributed by atoms with van der Waals surface area (Å²) >= 11 is 0. The first-order chi connectivity index (χ1) is 13.1. The third-order valence-corrected chi connectivity index (χ3v) is 4.62. The molecule has 1 aromatic heterocycles. The zero-order chi connectivity index (χ0) is 18.8. The Morgan fingerprint density at radius 3 is 2.63 bits per heavy atom. The van der Waals surface area contributed by atoms with Crippen molar-refractivity contribution < 1.29 is 9.18 Å². The number of carbonyl (C=O) groups excluding carboxylic acids is 1. The number of hydrogen-bond acceptors (Lipinski definition) is 2. The number of nitrogens with one attached hydrogen (secondary N) is 2. The molecule has 4 rings (SSSR count). The van der Waals surface area contributed by atoms with Crippen molar-refractivity contribution in [1.82, 2.24) is 15.3 Å². The molecule has 134 valence electrons. The van der Waals surface area contributed by atoms with Gasteiger partial charge < -0.3 is 10.3 Å². The van der Waals surface area contributed by atoms with Crippen molar-refractivity contribution in [2.45, 2.75) is 13.0 Å². The molecule has 0 aliphatic rings. The molecule has 0 radical (unpaired) electrons. The number of fused-ring (bicyclic) bond motifs is 1. The molecule has 4 nitrogen and oxygen atoms in total. The molecule has 27 heavy (non-hydrogen) atoms. The Morgan fingerprint density at radius 2 is 1.85 bits per heavy atom. The third-order valence-electron chi connectivity index (χ3n) is 4.62. The highest BCUT2D eigenvalue weighted by molar-refractivity contribution is 5.94. The van der Waals surface area contributed by atoms with Crippen molar-refractivity contribution in [1.29, 1.82) is 0 Å². The van der Waals surface area contributed by atoms with Crippen LogP contribution in [-0.4, -0.2) is 15.9 Å². The van der Waals surface area contributed by atoms with E-state index >= 15 is 0 Å². The van der Waals surface area contributed by atoms with Gasteiger partial charge in [-0.3, -0.25) is 4.79 Å². The van der Waals surface area contributed by atoms with E-state index in [0.29, 0.717) is 11.1 Å². The largest absolute Gasteiger partial charge is 0.345 e. The maximum atomic E-state index is 13.9. The Kier molecular flexibility index (Phi) is 4.42. The van der Waals surface area contributed by atoms with E-state index < -0.39 is 5.82 Å². The molecule has 0 bridgehead atoms. The minimum atomic E-state index is -0.391. The topological polar surface area (TPSA) is 57.8 Å². The number of halogens is 1. The van der Waals surface area contributed by atoms with Gasteiger partial charge in [0.25, 0.3) is 5.91 Å². The Morgan fingerprint density at radius 1 is 1.04 bits per heavy atom. The van der Waals surface area contributed by atoms with Crippen LogP contribution >= 0.6 is 0 Å². The summed E-state index contributed by atoms with van der Waals surface area (Å²) < 4.78 is 13.9. The van der Waals surface area contributed by atoms with Crippen molar-refractivity contribution in [3.8, 4) is 0 Å². The van der Waals surface area contributed by atoms with E-state index in [1.165, 1.54) is 6.07 Å². The van der Waals surface area contributed by atoms with Crippen LogP contribution in [0.3, 0.4) is 0 Å². The predicted molar refractivity (Wildman–Crippen MR) is 103 cm³/mol. The highest BCUT2D eigenvalue weighted by atomic mass is 19.1. The van der Waals surface area contributed by atoms with Crippen LogP contribution in [0.5, 0.6) is 0 Å². The molecule has 2 N–H and O–H groups in total. The lowest BCUT2D eigenvalue weighted by Crippen LogP contribution is -2.29. The molecule has 4 aromatic rings. The average molecular weight is 359 g/mol. The summed E-state index contributed by atoms with van der Waals surface area (Å²) in [5, 5.41) is 3.03. The summed E-state index contributed by atoms with van der Waals surface area (Å²) in [4.78, 5) is 20.1. The van der Waals surface area contributed by atoms with Crippen LogP contribution in [0.1, 0.15) is 33.1 Å². The normalized spacial score (nSPS) is 12.1. The zero-order valence-electron chi connectivity index (χ0n) is 14.7. The van der Waals surface area contributed by atoms with Gasteiger partial charge in [-0.1, -0.05) is 42.5 Å². The minimum Gasteiger partial charge on any atom is -0.345 e. The number of rotatable bonds is 4. The Bertz CT molecular complexity index is 1100. The molecule has 1 amide bonds. The molecule has 1 atom stereocenters. The number of imidazole rings is 1. The maximum Gasteiger partial charge on any atom is 0.252 e. The van der Waals surface area contributed by atoms with Crippen LogP contribution in [0, 0.1) is 12.7 Å². The molecule has 0 saturated carbocycles. The fourth-order valence-electron chi connectivity index (χ4n) is 3.09. The number of aromatic nitrogens is 2. The van der Waals surface area contributed by atoms with Gasteiger partial charge >= 0.3 is 0 Å². The lowest BCUT2D eigenvalue weighted by molar-refractivity contribution is 0.0942. The molecule has 1 unspecified atom stereocenters. The fourth-order valence-corrected chi connectivity index (χ4v) is 3.09. The van der Waals surface area contributed by atoms with E-state index in [1.54, 1.807) is 25.4 Å². The molecule has 5 heteroatoms. The predicted octanol–water partition coefficient (Wildman–Crippen LogP) is 4.53. The number of carbonyl (C=O) groups is 1. The summed E-state index contributed by atoms with van der Waals surface area (Å²) in [6, 6.07) is 19.7. The molecule has 1 heterocycles. The molecule has 0 spiro atoms. The highest BCUT2D eigenvalue weighted by Crippen LogP contribution is 2.25. The summed E-state index contributed by atoms with van der Waals surface area (Å²) in [5.74, 6) is -0.717. The Hall–Kier alpha value is -3.47. The van der Waals surface area contributed by atoms with E-state index in [1.807, 2.05) is 48.5 Å². The number of nitrogens with zero attached hydrogens (tertiary/aromatic N) is 1. The molecule has 0 aliphatic heterocycles. The number of amides is 1. The highest BCUT2D eigenvalue weighted by Gasteiger charge is 2.19. The van der Waals surface area contributed by atoms with E-state index in [0.717, 1.165) is 22.2 Å². The van der Waals surface area contributed by atoms with Crippen LogP contribution in [0.15, 0.2) is 73.1 Å². The van der Waals surface area contributed by atoms with Gasteiger partial charge in [0.2, 0.25) is 0 Å². The summed E-state index contributed by atoms with van der Waals surface area (Å²) in [5.41, 5.74) is 4.41. The van der Waals surface area contributed by atoms with E-state index in [2.05, 4.69) is 15.3 Å². The SMILES string of the molecule is Cc1ccc(C(=O)NC(c2ccccc2)c2ccc3nc[nH]c3c2)cc1F. The van der Waals surface area contributed by atoms with E-state index in [4.69, 9.17) is 0 Å². The van der Waals surface area contributed by atoms with Gasteiger partial charge in [-0.05, 0) is 47.9 Å². The molecular weight excluding hydrogens is 341 g/mol. The van der Waals surface area contributed by atoms with Crippen molar-refractivity contribution >= 4 is 16.9 Å². The first-order valence-electron chi connectivity index (χ1n) is 8.67. The number of H-pyrrole nitrogens is 1. The second-order valence-corrected chi connectivity index (χ2v) is 6.46. The number of benzene rings is 3. The van der Waals surface area contributed by atoms with Crippen LogP contribution < -0.4 is 5.32 Å². The zero-order valence-corrected chi connectivity index (χ0v) is 14.7. The minimum absolute atomic E-state index is 0.293. The van der Waals surface area contributed by atoms with Gasteiger partial charge in [-0.25, -0.2) is 9.37 Å². The first kappa shape index (κ1) is 17.0. The second kappa shape index (κ2) is 7.03. The fraction of sp³-hybridized carbons (Fsp3) is 0.0909. The summed E-state index contributed by atoms with van der Waals surface area (Å²) in [6.07, 6.45) is 1.64. The lowest BCUT2D eigenvalue weighted by atomic mass is 9.97. The van der Waals surface area contributed by atoms with Gasteiger partial charge in [0, 0.05) is 5.56 Å². The lowest BCUT2D eigenvalue weighted by Gasteiger charge is -2.20. The molecule has 0 fully saturated rings. The number of hydrogen-bond donors (Lipinski definition) is 2. The monoisotopic (exact) mass is 359 g/mol. The quantitative estimate of drug-likeness (QED) is 0.562. The van der Waals surface area contributed by atoms with Crippen LogP contribution in [0.2, 0.25) is 0 Å². The average Bonchev–Trinajstić information content (AvgIpc) is 3.16. The molecule has 3 aromatic carbocycles. The molecule has 0 aliphatic carbocycles.